The fourth-order valence-corrected chi connectivity index (χ4v) is 1.89. The maximum absolute atomic E-state index is 10.7. The smallest absolute Gasteiger partial charge is 0.280 e. The number of carboxylic acids is 1. The normalized spacial score (nSPS) is 23.1. The summed E-state index contributed by atoms with van der Waals surface area (Å²) < 4.78 is -0.601. The number of aliphatic carboxylic acids is 1. The number of thioether (sulfide) groups is 1. The molecule has 4 N–H and O–H groups in total. The Morgan fingerprint density at radius 1 is 1.60 bits per heavy atom. The van der Waals surface area contributed by atoms with Crippen LogP contribution in [-0.2, 0) is 4.79 Å². The van der Waals surface area contributed by atoms with Crippen molar-refractivity contribution in [2.45, 2.75) is 44.5 Å². The Hall–Kier alpha value is -0.750. The van der Waals surface area contributed by atoms with Crippen LogP contribution >= 0.6 is 11.8 Å². The molecule has 1 aliphatic heterocycles. The minimum atomic E-state index is -1.23. The molecular weight excluding hydrogens is 216 g/mol. The minimum absolute atomic E-state index is 0.302. The molecule has 1 amide bonds. The first kappa shape index (κ1) is 14.2. The van der Waals surface area contributed by atoms with Gasteiger partial charge in [0.25, 0.3) is 5.24 Å². The quantitative estimate of drug-likeness (QED) is 0.606. The number of hydrogen-bond acceptors (Lipinski definition) is 4. The van der Waals surface area contributed by atoms with Gasteiger partial charge in [-0.1, -0.05) is 11.8 Å². The van der Waals surface area contributed by atoms with Crippen LogP contribution in [-0.4, -0.2) is 28.0 Å². The van der Waals surface area contributed by atoms with E-state index in [9.17, 15) is 14.7 Å². The van der Waals surface area contributed by atoms with Crippen molar-refractivity contribution < 1.29 is 20.4 Å². The van der Waals surface area contributed by atoms with Gasteiger partial charge in [0, 0.05) is 4.75 Å². The number of nitrogens with one attached hydrogen (secondary N) is 1. The van der Waals surface area contributed by atoms with Gasteiger partial charge in [0.05, 0.1) is 18.1 Å². The van der Waals surface area contributed by atoms with Gasteiger partial charge in [-0.2, -0.15) is 0 Å². The lowest BCUT2D eigenvalue weighted by molar-refractivity contribution is -0.407. The van der Waals surface area contributed by atoms with Crippen molar-refractivity contribution in [3.8, 4) is 0 Å². The van der Waals surface area contributed by atoms with Crippen molar-refractivity contribution in [1.29, 1.82) is 0 Å². The molecule has 1 heterocycles. The Bertz CT molecular complexity index is 251. The van der Waals surface area contributed by atoms with Crippen molar-refractivity contribution in [2.75, 3.05) is 0 Å². The van der Waals surface area contributed by atoms with E-state index in [-0.39, 0.29) is 5.24 Å². The summed E-state index contributed by atoms with van der Waals surface area (Å²) >= 11 is 0.988. The van der Waals surface area contributed by atoms with E-state index < -0.39 is 16.8 Å². The van der Waals surface area contributed by atoms with E-state index in [4.69, 9.17) is 0 Å². The highest BCUT2D eigenvalue weighted by Crippen LogP contribution is 2.34. The zero-order chi connectivity index (χ0) is 12.2. The van der Waals surface area contributed by atoms with Crippen LogP contribution in [0.25, 0.3) is 0 Å². The van der Waals surface area contributed by atoms with Crippen LogP contribution in [0, 0.1) is 0 Å². The highest BCUT2D eigenvalue weighted by Gasteiger charge is 2.41. The van der Waals surface area contributed by atoms with Crippen molar-refractivity contribution in [3.63, 3.8) is 0 Å². The van der Waals surface area contributed by atoms with Crippen LogP contribution in [0.5, 0.6) is 0 Å². The molecule has 0 radical (unpaired) electrons. The number of carbonyl (C=O) groups excluding carboxylic acids is 2. The number of rotatable bonds is 1. The maximum atomic E-state index is 10.7. The Balaban J connectivity index is 0.000000423. The zero-order valence-corrected chi connectivity index (χ0v) is 10.3. The second-order valence-corrected chi connectivity index (χ2v) is 5.91. The molecule has 15 heavy (non-hydrogen) atoms. The van der Waals surface area contributed by atoms with Crippen molar-refractivity contribution in [2.24, 2.45) is 0 Å². The fraction of sp³-hybridized carbons (Fsp3) is 0.778. The maximum Gasteiger partial charge on any atom is 0.280 e. The summed E-state index contributed by atoms with van der Waals surface area (Å²) in [6.07, 6.45) is 0. The van der Waals surface area contributed by atoms with Gasteiger partial charge in [0.15, 0.2) is 0 Å². The van der Waals surface area contributed by atoms with Crippen molar-refractivity contribution in [1.82, 2.24) is 5.32 Å². The number of carbonyl (C=O) groups is 2. The predicted octanol–water partition coefficient (Wildman–Crippen LogP) is -1.02. The molecule has 0 bridgehead atoms. The summed E-state index contributed by atoms with van der Waals surface area (Å²) in [5.41, 5.74) is 3.64. The molecule has 0 aliphatic carbocycles. The van der Waals surface area contributed by atoms with Crippen LogP contribution in [0.3, 0.4) is 0 Å². The summed E-state index contributed by atoms with van der Waals surface area (Å²) in [4.78, 5) is 21.2. The third-order valence-corrected chi connectivity index (χ3v) is 2.61. The van der Waals surface area contributed by atoms with Crippen LogP contribution in [0.2, 0.25) is 0 Å². The van der Waals surface area contributed by atoms with Gasteiger partial charge in [-0.05, 0) is 27.7 Å². The molecule has 88 valence electrons. The summed E-state index contributed by atoms with van der Waals surface area (Å²) in [5.74, 6) is -1.23. The molecule has 1 fully saturated rings. The topological polar surface area (TPSA) is 96.9 Å². The van der Waals surface area contributed by atoms with Crippen LogP contribution < -0.4 is 16.2 Å². The van der Waals surface area contributed by atoms with E-state index in [1.54, 1.807) is 13.8 Å². The van der Waals surface area contributed by atoms with Crippen LogP contribution in [0.15, 0.2) is 0 Å². The van der Waals surface area contributed by atoms with E-state index in [0.717, 1.165) is 11.8 Å². The monoisotopic (exact) mass is 234 g/mol. The minimum Gasteiger partial charge on any atom is -0.548 e. The SMILES string of the molecule is CC(C)[NH3+].CC1(C)SC(=O)NC1C(=O)[O-]. The third kappa shape index (κ3) is 5.03. The highest BCUT2D eigenvalue weighted by molar-refractivity contribution is 8.15. The Labute approximate surface area is 93.8 Å². The largest absolute Gasteiger partial charge is 0.548 e. The van der Waals surface area contributed by atoms with E-state index in [1.807, 2.05) is 0 Å². The second-order valence-electron chi connectivity index (χ2n) is 4.28. The van der Waals surface area contributed by atoms with Gasteiger partial charge in [-0.25, -0.2) is 0 Å². The first-order valence-electron chi connectivity index (χ1n) is 4.70. The lowest BCUT2D eigenvalue weighted by Crippen LogP contribution is -2.57. The molecule has 0 aromatic heterocycles. The van der Waals surface area contributed by atoms with Gasteiger partial charge >= 0.3 is 0 Å². The van der Waals surface area contributed by atoms with Gasteiger partial charge in [-0.15, -0.1) is 0 Å². The van der Waals surface area contributed by atoms with E-state index in [2.05, 4.69) is 24.9 Å². The average Bonchev–Trinajstić information content (AvgIpc) is 2.22. The third-order valence-electron chi connectivity index (χ3n) is 1.55. The first-order valence-corrected chi connectivity index (χ1v) is 5.52. The first-order chi connectivity index (χ1) is 6.66. The number of amides is 1. The molecule has 1 aliphatic rings. The zero-order valence-electron chi connectivity index (χ0n) is 9.49. The van der Waals surface area contributed by atoms with E-state index >= 15 is 0 Å². The van der Waals surface area contributed by atoms with E-state index in [1.165, 1.54) is 0 Å². The molecule has 6 heteroatoms. The van der Waals surface area contributed by atoms with Gasteiger partial charge in [-0.3, -0.25) is 4.79 Å². The van der Waals surface area contributed by atoms with Crippen molar-refractivity contribution in [3.05, 3.63) is 0 Å². The number of hydrogen-bond donors (Lipinski definition) is 2. The molecule has 1 rings (SSSR count). The standard InChI is InChI=1S/C6H9NO3S.C3H9N/c1-6(2)3(4(8)9)7-5(10)11-6;1-3(2)4/h3H,1-2H3,(H,7,10)(H,8,9);3H,4H2,1-2H3. The predicted molar refractivity (Wildman–Crippen MR) is 57.0 cm³/mol. The highest BCUT2D eigenvalue weighted by atomic mass is 32.2. The summed E-state index contributed by atoms with van der Waals surface area (Å²) in [5, 5.41) is 12.4. The second kappa shape index (κ2) is 5.37. The molecule has 5 nitrogen and oxygen atoms in total. The Kier molecular flexibility index (Phi) is 5.10. The fourth-order valence-electron chi connectivity index (χ4n) is 0.962. The summed E-state index contributed by atoms with van der Waals surface area (Å²) in [6, 6.07) is -0.292. The molecule has 0 spiro atoms. The molecule has 0 aromatic rings. The Morgan fingerprint density at radius 2 is 2.00 bits per heavy atom. The van der Waals surface area contributed by atoms with Gasteiger partial charge in [0.1, 0.15) is 0 Å². The van der Waals surface area contributed by atoms with Gasteiger partial charge < -0.3 is 21.0 Å². The lowest BCUT2D eigenvalue weighted by atomic mass is 10.0. The molecule has 1 unspecified atom stereocenters. The van der Waals surface area contributed by atoms with Crippen LogP contribution in [0.1, 0.15) is 27.7 Å². The summed E-state index contributed by atoms with van der Waals surface area (Å²) in [7, 11) is 0. The van der Waals surface area contributed by atoms with Gasteiger partial charge in [0.2, 0.25) is 0 Å². The summed E-state index contributed by atoms with van der Waals surface area (Å²) in [6.45, 7) is 7.49. The van der Waals surface area contributed by atoms with E-state index in [0.29, 0.717) is 6.04 Å². The lowest BCUT2D eigenvalue weighted by Gasteiger charge is -2.24. The van der Waals surface area contributed by atoms with Crippen molar-refractivity contribution >= 4 is 23.0 Å². The number of quaternary nitrogens is 1. The molecule has 0 saturated carbocycles. The number of carboxylic acid groups (broad SMARTS) is 1. The molecular formula is C9H18N2O3S. The molecule has 1 saturated heterocycles. The molecule has 1 atom stereocenters. The van der Waals surface area contributed by atoms with Crippen LogP contribution in [0.4, 0.5) is 4.79 Å². The Morgan fingerprint density at radius 3 is 2.13 bits per heavy atom. The molecule has 0 aromatic carbocycles. The average molecular weight is 234 g/mol.